The third-order valence-corrected chi connectivity index (χ3v) is 1.02. The molecule has 15 heavy (non-hydrogen) atoms. The third-order valence-electron chi connectivity index (χ3n) is 1.02. The second kappa shape index (κ2) is 7.34. The zero-order valence-electron chi connectivity index (χ0n) is 7.78. The van der Waals surface area contributed by atoms with Gasteiger partial charge in [0.05, 0.1) is 5.56 Å². The van der Waals surface area contributed by atoms with Gasteiger partial charge in [-0.05, 0) is 12.1 Å². The molecule has 0 unspecified atom stereocenters. The van der Waals surface area contributed by atoms with Crippen LogP contribution in [-0.2, 0) is 0 Å². The summed E-state index contributed by atoms with van der Waals surface area (Å²) >= 11 is 0. The maximum atomic E-state index is 10.2. The van der Waals surface area contributed by atoms with Gasteiger partial charge >= 0.3 is 31.2 Å². The average Bonchev–Trinajstić information content (AvgIpc) is 2.03. The largest absolute Gasteiger partial charge is 1.00 e. The molecule has 1 aromatic rings. The number of carboxylic acids is 1. The second-order valence-corrected chi connectivity index (χ2v) is 2.12. The van der Waals surface area contributed by atoms with Crippen LogP contribution in [-0.4, -0.2) is 17.4 Å². The summed E-state index contributed by atoms with van der Waals surface area (Å²) in [5.41, 5.74) is 0.331. The topological polar surface area (TPSA) is 60.4 Å². The SMILES string of the molecule is O=C(O)c1ccccc1.[Li+].[O-]C(F)(F)F. The van der Waals surface area contributed by atoms with E-state index in [1.54, 1.807) is 30.3 Å². The summed E-state index contributed by atoms with van der Waals surface area (Å²) in [7, 11) is 0. The molecule has 3 nitrogen and oxygen atoms in total. The Hall–Kier alpha value is -0.963. The number of aromatic carboxylic acids is 1. The first-order valence-electron chi connectivity index (χ1n) is 3.36. The summed E-state index contributed by atoms with van der Waals surface area (Å²) in [6.07, 6.45) is -5.25. The maximum Gasteiger partial charge on any atom is 1.00 e. The number of benzene rings is 1. The van der Waals surface area contributed by atoms with Gasteiger partial charge in [-0.15, -0.1) is 0 Å². The molecule has 0 spiro atoms. The third kappa shape index (κ3) is 13.0. The summed E-state index contributed by atoms with van der Waals surface area (Å²) in [5, 5.41) is 16.5. The molecule has 1 N–H and O–H groups in total. The summed E-state index contributed by atoms with van der Waals surface area (Å²) in [6, 6.07) is 8.30. The molecule has 0 heterocycles. The minimum Gasteiger partial charge on any atom is -0.771 e. The first-order chi connectivity index (χ1) is 6.30. The van der Waals surface area contributed by atoms with Crippen molar-refractivity contribution in [2.45, 2.75) is 6.36 Å². The van der Waals surface area contributed by atoms with Crippen molar-refractivity contribution in [3.63, 3.8) is 0 Å². The van der Waals surface area contributed by atoms with Crippen LogP contribution in [0.3, 0.4) is 0 Å². The minimum absolute atomic E-state index is 0. The molecule has 7 heteroatoms. The molecule has 1 rings (SSSR count). The van der Waals surface area contributed by atoms with Crippen molar-refractivity contribution in [3.8, 4) is 0 Å². The predicted octanol–water partition coefficient (Wildman–Crippen LogP) is -1.74. The van der Waals surface area contributed by atoms with Crippen molar-refractivity contribution >= 4 is 5.97 Å². The molecular weight excluding hydrogens is 208 g/mol. The number of hydrogen-bond donors (Lipinski definition) is 1. The van der Waals surface area contributed by atoms with E-state index in [2.05, 4.69) is 0 Å². The molecule has 0 aromatic heterocycles. The normalized spacial score (nSPS) is 9.33. The molecule has 0 fully saturated rings. The van der Waals surface area contributed by atoms with E-state index >= 15 is 0 Å². The van der Waals surface area contributed by atoms with Crippen molar-refractivity contribution in [1.29, 1.82) is 0 Å². The van der Waals surface area contributed by atoms with Gasteiger partial charge in [0.15, 0.2) is 0 Å². The Morgan fingerprint density at radius 3 is 1.73 bits per heavy atom. The van der Waals surface area contributed by atoms with Gasteiger partial charge in [0.25, 0.3) is 0 Å². The van der Waals surface area contributed by atoms with Crippen molar-refractivity contribution in [2.75, 3.05) is 0 Å². The van der Waals surface area contributed by atoms with Crippen molar-refractivity contribution < 1.29 is 47.0 Å². The fourth-order valence-corrected chi connectivity index (χ4v) is 0.581. The van der Waals surface area contributed by atoms with Crippen LogP contribution in [0.5, 0.6) is 0 Å². The summed E-state index contributed by atoms with van der Waals surface area (Å²) in [6.45, 7) is 0. The molecule has 0 atom stereocenters. The van der Waals surface area contributed by atoms with E-state index in [4.69, 9.17) is 10.2 Å². The Labute approximate surface area is 95.7 Å². The molecule has 0 saturated heterocycles. The van der Waals surface area contributed by atoms with E-state index in [-0.39, 0.29) is 18.9 Å². The number of hydrogen-bond acceptors (Lipinski definition) is 2. The summed E-state index contributed by atoms with van der Waals surface area (Å²) < 4.78 is 29.4. The molecule has 78 valence electrons. The van der Waals surface area contributed by atoms with Crippen LogP contribution in [0.4, 0.5) is 13.2 Å². The fourth-order valence-electron chi connectivity index (χ4n) is 0.581. The smallest absolute Gasteiger partial charge is 0.771 e. The molecule has 0 bridgehead atoms. The van der Waals surface area contributed by atoms with E-state index in [9.17, 15) is 18.0 Å². The monoisotopic (exact) mass is 214 g/mol. The first-order valence-corrected chi connectivity index (χ1v) is 3.36. The van der Waals surface area contributed by atoms with Gasteiger partial charge in [0.2, 0.25) is 0 Å². The fraction of sp³-hybridized carbons (Fsp3) is 0.125. The van der Waals surface area contributed by atoms with Crippen LogP contribution < -0.4 is 24.0 Å². The van der Waals surface area contributed by atoms with E-state index in [0.717, 1.165) is 0 Å². The van der Waals surface area contributed by atoms with Crippen LogP contribution in [0.15, 0.2) is 30.3 Å². The Morgan fingerprint density at radius 2 is 1.53 bits per heavy atom. The number of alkyl halides is 3. The number of carbonyl (C=O) groups is 1. The molecule has 0 aliphatic heterocycles. The summed E-state index contributed by atoms with van der Waals surface area (Å²) in [5.74, 6) is -0.879. The Morgan fingerprint density at radius 1 is 1.20 bits per heavy atom. The zero-order valence-corrected chi connectivity index (χ0v) is 7.78. The van der Waals surface area contributed by atoms with E-state index in [1.807, 2.05) is 0 Å². The zero-order chi connectivity index (χ0) is 11.2. The molecule has 0 saturated carbocycles. The quantitative estimate of drug-likeness (QED) is 0.564. The Kier molecular flexibility index (Phi) is 8.06. The van der Waals surface area contributed by atoms with Gasteiger partial charge in [0, 0.05) is 0 Å². The predicted molar refractivity (Wildman–Crippen MR) is 39.5 cm³/mol. The Balaban J connectivity index is 0. The van der Waals surface area contributed by atoms with Crippen LogP contribution in [0.2, 0.25) is 0 Å². The molecule has 0 aliphatic carbocycles. The Bertz CT molecular complexity index is 281. The van der Waals surface area contributed by atoms with Crippen molar-refractivity contribution in [2.24, 2.45) is 0 Å². The van der Waals surface area contributed by atoms with Crippen molar-refractivity contribution in [3.05, 3.63) is 35.9 Å². The van der Waals surface area contributed by atoms with Crippen LogP contribution >= 0.6 is 0 Å². The minimum atomic E-state index is -5.25. The number of rotatable bonds is 1. The maximum absolute atomic E-state index is 10.2. The van der Waals surface area contributed by atoms with E-state index < -0.39 is 12.3 Å². The van der Waals surface area contributed by atoms with Gasteiger partial charge in [0.1, 0.15) is 0 Å². The molecular formula is C8H6F3LiO3. The van der Waals surface area contributed by atoms with Gasteiger partial charge < -0.3 is 10.2 Å². The standard InChI is InChI=1S/C7H6O2.CF3O.Li/c8-7(9)6-4-2-1-3-5-6;2-1(3,4)5;/h1-5H,(H,8,9);;/q;-1;+1. The van der Waals surface area contributed by atoms with Gasteiger partial charge in [-0.3, -0.25) is 0 Å². The molecule has 0 aliphatic rings. The van der Waals surface area contributed by atoms with Crippen LogP contribution in [0, 0.1) is 0 Å². The van der Waals surface area contributed by atoms with E-state index in [0.29, 0.717) is 5.56 Å². The average molecular weight is 214 g/mol. The van der Waals surface area contributed by atoms with Gasteiger partial charge in [-0.1, -0.05) is 18.2 Å². The molecule has 0 amide bonds. The number of halogens is 3. The van der Waals surface area contributed by atoms with Gasteiger partial charge in [-0.25, -0.2) is 4.79 Å². The van der Waals surface area contributed by atoms with Crippen LogP contribution in [0.25, 0.3) is 0 Å². The van der Waals surface area contributed by atoms with E-state index in [1.165, 1.54) is 0 Å². The number of carboxylic acid groups (broad SMARTS) is 1. The first kappa shape index (κ1) is 16.5. The van der Waals surface area contributed by atoms with Crippen LogP contribution in [0.1, 0.15) is 10.4 Å². The summed E-state index contributed by atoms with van der Waals surface area (Å²) in [4.78, 5) is 10.2. The molecule has 0 radical (unpaired) electrons. The second-order valence-electron chi connectivity index (χ2n) is 2.12. The van der Waals surface area contributed by atoms with Gasteiger partial charge in [-0.2, -0.15) is 13.2 Å². The van der Waals surface area contributed by atoms with Crippen molar-refractivity contribution in [1.82, 2.24) is 0 Å². The molecule has 1 aromatic carbocycles.